The van der Waals surface area contributed by atoms with E-state index in [0.29, 0.717) is 45.4 Å². The van der Waals surface area contributed by atoms with Gasteiger partial charge in [-0.15, -0.1) is 0 Å². The normalized spacial score (nSPS) is 11.0. The van der Waals surface area contributed by atoms with Crippen LogP contribution < -0.4 is 14.8 Å². The van der Waals surface area contributed by atoms with E-state index in [1.165, 1.54) is 19.0 Å². The van der Waals surface area contributed by atoms with Crippen molar-refractivity contribution in [3.05, 3.63) is 77.4 Å². The van der Waals surface area contributed by atoms with E-state index in [1.54, 1.807) is 46.9 Å². The molecule has 5 rings (SSSR count). The maximum atomic E-state index is 13.2. The number of nitrogens with one attached hydrogen (secondary N) is 1. The van der Waals surface area contributed by atoms with Gasteiger partial charge in [0, 0.05) is 12.1 Å². The van der Waals surface area contributed by atoms with Crippen molar-refractivity contribution in [1.82, 2.24) is 29.5 Å². The average molecular weight is 484 g/mol. The molecule has 0 bridgehead atoms. The van der Waals surface area contributed by atoms with Crippen LogP contribution in [0.3, 0.4) is 0 Å². The van der Waals surface area contributed by atoms with Gasteiger partial charge in [0.15, 0.2) is 11.5 Å². The summed E-state index contributed by atoms with van der Waals surface area (Å²) in [6.07, 6.45) is 3.17. The summed E-state index contributed by atoms with van der Waals surface area (Å²) in [5.74, 6) is 1.59. The molecule has 1 amide bonds. The van der Waals surface area contributed by atoms with Crippen molar-refractivity contribution in [1.29, 1.82) is 0 Å². The second-order valence-electron chi connectivity index (χ2n) is 8.38. The zero-order valence-corrected chi connectivity index (χ0v) is 20.6. The van der Waals surface area contributed by atoms with Crippen LogP contribution in [-0.2, 0) is 0 Å². The highest BCUT2D eigenvalue weighted by Gasteiger charge is 2.20. The van der Waals surface area contributed by atoms with Gasteiger partial charge in [0.05, 0.1) is 42.7 Å². The maximum absolute atomic E-state index is 13.2. The summed E-state index contributed by atoms with van der Waals surface area (Å²) in [5, 5.41) is 12.8. The number of carbonyl (C=O) groups is 1. The number of methoxy groups -OCH3 is 2. The minimum atomic E-state index is -0.355. The maximum Gasteiger partial charge on any atom is 0.260 e. The van der Waals surface area contributed by atoms with Gasteiger partial charge in [0.25, 0.3) is 5.91 Å². The summed E-state index contributed by atoms with van der Waals surface area (Å²) in [5.41, 5.74) is 4.88. The Balaban J connectivity index is 1.55. The number of nitrogens with zero attached hydrogens (tertiary/aromatic N) is 6. The highest BCUT2D eigenvalue weighted by atomic mass is 16.5. The van der Waals surface area contributed by atoms with E-state index in [4.69, 9.17) is 9.47 Å². The zero-order chi connectivity index (χ0) is 25.4. The first-order valence-electron chi connectivity index (χ1n) is 11.3. The first kappa shape index (κ1) is 23.0. The zero-order valence-electron chi connectivity index (χ0n) is 20.6. The first-order valence-corrected chi connectivity index (χ1v) is 11.3. The highest BCUT2D eigenvalue weighted by molar-refractivity contribution is 6.06. The lowest BCUT2D eigenvalue weighted by molar-refractivity contribution is 0.102. The third-order valence-electron chi connectivity index (χ3n) is 5.85. The largest absolute Gasteiger partial charge is 0.497 e. The minimum Gasteiger partial charge on any atom is -0.497 e. The highest BCUT2D eigenvalue weighted by Crippen LogP contribution is 2.28. The standard InChI is InChI=1S/C26H25N7O3/c1-15-6-9-21(16(2)10-15)32-24-20(13-29-32)25(28-14-27-24)33-23(11-17(3)31-33)30-26(34)19-8-7-18(35-4)12-22(19)36-5/h6-14H,1-5H3,(H,30,34). The lowest BCUT2D eigenvalue weighted by Gasteiger charge is -2.12. The third-order valence-corrected chi connectivity index (χ3v) is 5.85. The van der Waals surface area contributed by atoms with Gasteiger partial charge >= 0.3 is 0 Å². The Kier molecular flexibility index (Phi) is 5.85. The summed E-state index contributed by atoms with van der Waals surface area (Å²) in [4.78, 5) is 22.1. The van der Waals surface area contributed by atoms with E-state index >= 15 is 0 Å². The van der Waals surface area contributed by atoms with Crippen molar-refractivity contribution in [2.45, 2.75) is 20.8 Å². The molecule has 1 N–H and O–H groups in total. The van der Waals surface area contributed by atoms with Crippen molar-refractivity contribution in [3.63, 3.8) is 0 Å². The van der Waals surface area contributed by atoms with Gasteiger partial charge in [-0.2, -0.15) is 14.9 Å². The summed E-state index contributed by atoms with van der Waals surface area (Å²) in [6, 6.07) is 12.9. The topological polar surface area (TPSA) is 109 Å². The molecule has 0 aliphatic carbocycles. The second-order valence-corrected chi connectivity index (χ2v) is 8.38. The number of benzene rings is 2. The Bertz CT molecular complexity index is 1600. The van der Waals surface area contributed by atoms with E-state index in [-0.39, 0.29) is 5.91 Å². The fourth-order valence-electron chi connectivity index (χ4n) is 4.14. The quantitative estimate of drug-likeness (QED) is 0.386. The van der Waals surface area contributed by atoms with Gasteiger partial charge in [-0.25, -0.2) is 14.6 Å². The van der Waals surface area contributed by atoms with Crippen LogP contribution in [-0.4, -0.2) is 49.7 Å². The van der Waals surface area contributed by atoms with E-state index in [1.807, 2.05) is 26.0 Å². The minimum absolute atomic E-state index is 0.355. The lowest BCUT2D eigenvalue weighted by atomic mass is 10.1. The molecule has 0 aliphatic rings. The smallest absolute Gasteiger partial charge is 0.260 e. The summed E-state index contributed by atoms with van der Waals surface area (Å²) >= 11 is 0. The Morgan fingerprint density at radius 3 is 2.53 bits per heavy atom. The Labute approximate surface area is 207 Å². The third kappa shape index (κ3) is 4.02. The van der Waals surface area contributed by atoms with Crippen LogP contribution in [0.15, 0.2) is 55.0 Å². The van der Waals surface area contributed by atoms with Crippen molar-refractivity contribution in [2.75, 3.05) is 19.5 Å². The number of carbonyl (C=O) groups excluding carboxylic acids is 1. The molecule has 0 saturated heterocycles. The van der Waals surface area contributed by atoms with Crippen LogP contribution in [0.5, 0.6) is 11.5 Å². The molecular weight excluding hydrogens is 458 g/mol. The molecule has 3 aromatic heterocycles. The van der Waals surface area contributed by atoms with Crippen molar-refractivity contribution in [2.24, 2.45) is 0 Å². The number of fused-ring (bicyclic) bond motifs is 1. The van der Waals surface area contributed by atoms with Gasteiger partial charge < -0.3 is 14.8 Å². The molecule has 0 atom stereocenters. The lowest BCUT2D eigenvalue weighted by Crippen LogP contribution is -2.16. The SMILES string of the molecule is COc1ccc(C(=O)Nc2cc(C)nn2-c2ncnc3c2cnn3-c2ccc(C)cc2C)c(OC)c1. The van der Waals surface area contributed by atoms with Crippen LogP contribution in [0.25, 0.3) is 22.5 Å². The number of hydrogen-bond acceptors (Lipinski definition) is 7. The average Bonchev–Trinajstić information content (AvgIpc) is 3.46. The van der Waals surface area contributed by atoms with Crippen LogP contribution >= 0.6 is 0 Å². The molecule has 36 heavy (non-hydrogen) atoms. The van der Waals surface area contributed by atoms with Gasteiger partial charge in [0.2, 0.25) is 0 Å². The molecule has 0 fully saturated rings. The predicted octanol–water partition coefficient (Wildman–Crippen LogP) is 4.20. The number of amides is 1. The fourth-order valence-corrected chi connectivity index (χ4v) is 4.14. The van der Waals surface area contributed by atoms with Crippen molar-refractivity contribution < 1.29 is 14.3 Å². The van der Waals surface area contributed by atoms with Gasteiger partial charge in [-0.3, -0.25) is 4.79 Å². The van der Waals surface area contributed by atoms with Gasteiger partial charge in [-0.05, 0) is 44.5 Å². The molecule has 0 saturated carbocycles. The number of hydrogen-bond donors (Lipinski definition) is 1. The number of aromatic nitrogens is 6. The predicted molar refractivity (Wildman–Crippen MR) is 135 cm³/mol. The van der Waals surface area contributed by atoms with Crippen LogP contribution in [0.4, 0.5) is 5.82 Å². The monoisotopic (exact) mass is 483 g/mol. The van der Waals surface area contributed by atoms with Gasteiger partial charge in [0.1, 0.15) is 23.6 Å². The van der Waals surface area contributed by atoms with E-state index in [2.05, 4.69) is 38.5 Å². The summed E-state index contributed by atoms with van der Waals surface area (Å²) < 4.78 is 14.0. The molecule has 5 aromatic rings. The van der Waals surface area contributed by atoms with E-state index < -0.39 is 0 Å². The fraction of sp³-hybridized carbons (Fsp3) is 0.192. The molecule has 0 radical (unpaired) electrons. The summed E-state index contributed by atoms with van der Waals surface area (Å²) in [6.45, 7) is 5.93. The van der Waals surface area contributed by atoms with Crippen LogP contribution in [0.1, 0.15) is 27.2 Å². The molecule has 0 aliphatic heterocycles. The second kappa shape index (κ2) is 9.14. The van der Waals surface area contributed by atoms with E-state index in [0.717, 1.165) is 11.3 Å². The molecule has 10 nitrogen and oxygen atoms in total. The summed E-state index contributed by atoms with van der Waals surface area (Å²) in [7, 11) is 3.06. The van der Waals surface area contributed by atoms with Crippen LogP contribution in [0.2, 0.25) is 0 Å². The molecule has 0 spiro atoms. The first-order chi connectivity index (χ1) is 17.4. The van der Waals surface area contributed by atoms with E-state index in [9.17, 15) is 4.79 Å². The van der Waals surface area contributed by atoms with Crippen molar-refractivity contribution >= 4 is 22.8 Å². The molecule has 10 heteroatoms. The molecular formula is C26H25N7O3. The Hall–Kier alpha value is -4.73. The Morgan fingerprint density at radius 2 is 1.78 bits per heavy atom. The number of anilines is 1. The number of aryl methyl sites for hydroxylation is 3. The number of rotatable bonds is 6. The molecule has 2 aromatic carbocycles. The Morgan fingerprint density at radius 1 is 0.944 bits per heavy atom. The molecule has 0 unspecified atom stereocenters. The number of ether oxygens (including phenoxy) is 2. The molecule has 182 valence electrons. The molecule has 3 heterocycles. The van der Waals surface area contributed by atoms with Gasteiger partial charge in [-0.1, -0.05) is 17.7 Å². The van der Waals surface area contributed by atoms with Crippen molar-refractivity contribution in [3.8, 4) is 23.0 Å². The van der Waals surface area contributed by atoms with Crippen LogP contribution in [0, 0.1) is 20.8 Å².